The van der Waals surface area contributed by atoms with Gasteiger partial charge >= 0.3 is 5.97 Å². The summed E-state index contributed by atoms with van der Waals surface area (Å²) < 4.78 is 43.6. The Hall–Kier alpha value is -4.77. The fraction of sp³-hybridized carbons (Fsp3) is 0.548. The van der Waals surface area contributed by atoms with Gasteiger partial charge in [-0.3, -0.25) is 19.2 Å². The summed E-state index contributed by atoms with van der Waals surface area (Å²) in [5.41, 5.74) is 3.37. The molecule has 1 N–H and O–H groups in total. The highest BCUT2D eigenvalue weighted by Crippen LogP contribution is 2.26. The average Bonchev–Trinajstić information content (AvgIpc) is 3.55. The van der Waals surface area contributed by atoms with Crippen molar-refractivity contribution >= 4 is 35.3 Å². The number of imide groups is 1. The summed E-state index contributed by atoms with van der Waals surface area (Å²) in [4.78, 5) is 66.7. The van der Waals surface area contributed by atoms with Crippen molar-refractivity contribution in [1.29, 1.82) is 0 Å². The molecule has 0 atom stereocenters. The molecule has 0 unspecified atom stereocenters. The molecule has 1 fully saturated rings. The summed E-state index contributed by atoms with van der Waals surface area (Å²) in [5, 5.41) is 3.32. The maximum absolute atomic E-state index is 13.3. The first-order valence-corrected chi connectivity index (χ1v) is 19.9. The summed E-state index contributed by atoms with van der Waals surface area (Å²) >= 11 is 0. The molecular weight excluding hydrogens is 770 g/mol. The molecule has 2 heterocycles. The lowest BCUT2D eigenvalue weighted by atomic mass is 10.0. The van der Waals surface area contributed by atoms with Crippen molar-refractivity contribution in [2.75, 3.05) is 117 Å². The first-order chi connectivity index (χ1) is 28.9. The summed E-state index contributed by atoms with van der Waals surface area (Å²) in [7, 11) is 0. The van der Waals surface area contributed by atoms with Crippen LogP contribution in [0.15, 0.2) is 48.5 Å². The Morgan fingerprint density at radius 2 is 1.00 bits per heavy atom. The number of benzene rings is 2. The van der Waals surface area contributed by atoms with Crippen LogP contribution in [0.25, 0.3) is 0 Å². The lowest BCUT2D eigenvalue weighted by Crippen LogP contribution is -2.34. The molecule has 2 aromatic rings. The van der Waals surface area contributed by atoms with E-state index in [2.05, 4.69) is 17.2 Å². The van der Waals surface area contributed by atoms with Crippen molar-refractivity contribution in [3.05, 3.63) is 65.2 Å². The molecule has 4 rings (SSSR count). The van der Waals surface area contributed by atoms with E-state index in [0.29, 0.717) is 111 Å². The van der Waals surface area contributed by atoms with Gasteiger partial charge in [0.15, 0.2) is 0 Å². The second-order valence-corrected chi connectivity index (χ2v) is 12.9. The molecular formula is C42H55N3O14. The number of rotatable bonds is 31. The van der Waals surface area contributed by atoms with Crippen LogP contribution in [0.4, 0.5) is 5.69 Å². The number of carbonyl (C=O) groups excluding carboxylic acids is 5. The number of amides is 4. The normalized spacial score (nSPS) is 13.3. The Kier molecular flexibility index (Phi) is 22.8. The number of para-hydroxylation sites is 1. The van der Waals surface area contributed by atoms with Gasteiger partial charge in [-0.15, -0.1) is 5.06 Å². The maximum Gasteiger partial charge on any atom is 0.335 e. The fourth-order valence-corrected chi connectivity index (χ4v) is 5.52. The maximum atomic E-state index is 13.3. The van der Waals surface area contributed by atoms with E-state index in [1.54, 1.807) is 4.90 Å². The fourth-order valence-electron chi connectivity index (χ4n) is 5.52. The number of hydrogen-bond acceptors (Lipinski definition) is 14. The number of hydroxylamine groups is 2. The molecule has 0 bridgehead atoms. The van der Waals surface area contributed by atoms with E-state index in [0.717, 1.165) is 22.4 Å². The predicted molar refractivity (Wildman–Crippen MR) is 211 cm³/mol. The molecule has 0 radical (unpaired) electrons. The highest BCUT2D eigenvalue weighted by molar-refractivity contribution is 6.01. The average molecular weight is 826 g/mol. The van der Waals surface area contributed by atoms with Crippen molar-refractivity contribution < 1.29 is 66.7 Å². The van der Waals surface area contributed by atoms with Gasteiger partial charge in [-0.05, 0) is 23.8 Å². The van der Waals surface area contributed by atoms with Crippen molar-refractivity contribution in [2.24, 2.45) is 0 Å². The second kappa shape index (κ2) is 28.6. The summed E-state index contributed by atoms with van der Waals surface area (Å²) in [6.07, 6.45) is 0.171. The van der Waals surface area contributed by atoms with Gasteiger partial charge in [0, 0.05) is 43.4 Å². The van der Waals surface area contributed by atoms with Gasteiger partial charge in [0.1, 0.15) is 0 Å². The van der Waals surface area contributed by atoms with Crippen LogP contribution in [-0.4, -0.2) is 147 Å². The van der Waals surface area contributed by atoms with Crippen LogP contribution in [0.5, 0.6) is 0 Å². The minimum absolute atomic E-state index is 0.0514. The van der Waals surface area contributed by atoms with Gasteiger partial charge in [-0.1, -0.05) is 42.2 Å². The molecule has 59 heavy (non-hydrogen) atoms. The van der Waals surface area contributed by atoms with Crippen LogP contribution in [0.1, 0.15) is 48.8 Å². The topological polar surface area (TPSA) is 187 Å². The van der Waals surface area contributed by atoms with Crippen LogP contribution in [-0.2, 0) is 73.2 Å². The van der Waals surface area contributed by atoms with E-state index >= 15 is 0 Å². The molecule has 0 saturated carbocycles. The Labute approximate surface area is 344 Å². The van der Waals surface area contributed by atoms with Crippen LogP contribution < -0.4 is 10.2 Å². The van der Waals surface area contributed by atoms with Crippen LogP contribution in [0.3, 0.4) is 0 Å². The third-order valence-corrected chi connectivity index (χ3v) is 8.56. The summed E-state index contributed by atoms with van der Waals surface area (Å²) in [6.45, 7) is 6.71. The largest absolute Gasteiger partial charge is 0.378 e. The van der Waals surface area contributed by atoms with Crippen molar-refractivity contribution in [3.8, 4) is 11.8 Å². The zero-order valence-corrected chi connectivity index (χ0v) is 33.5. The molecule has 17 heteroatoms. The SMILES string of the molecule is O=C(CCC(=O)N1Cc2ccccc2C#Cc2ccccc21)NCCOCCOCCOCCOCCOCCOCCOCCOCCC(=O)ON1C(=O)CCC1=O. The third kappa shape index (κ3) is 18.8. The highest BCUT2D eigenvalue weighted by atomic mass is 16.7. The predicted octanol–water partition coefficient (Wildman–Crippen LogP) is 1.96. The van der Waals surface area contributed by atoms with Gasteiger partial charge in [-0.2, -0.15) is 0 Å². The molecule has 2 aromatic carbocycles. The smallest absolute Gasteiger partial charge is 0.335 e. The lowest BCUT2D eigenvalue weighted by Gasteiger charge is -2.26. The number of anilines is 1. The minimum atomic E-state index is -0.707. The van der Waals surface area contributed by atoms with Crippen molar-refractivity contribution in [3.63, 3.8) is 0 Å². The van der Waals surface area contributed by atoms with Crippen molar-refractivity contribution in [2.45, 2.75) is 38.6 Å². The zero-order chi connectivity index (χ0) is 41.8. The minimum Gasteiger partial charge on any atom is -0.378 e. The Balaban J connectivity index is 0.842. The molecule has 0 aromatic heterocycles. The van der Waals surface area contributed by atoms with Crippen LogP contribution in [0, 0.1) is 11.8 Å². The Morgan fingerprint density at radius 3 is 1.56 bits per heavy atom. The standard InChI is InChI=1S/C42H55N3O14/c46-38(11-12-39(47)44-33-36-7-2-1-5-34(36)9-10-35-6-3-4-8-37(35)44)43-16-18-52-20-22-54-24-26-56-28-30-58-32-31-57-29-27-55-25-23-53-21-19-51-17-15-42(50)59-45-40(48)13-14-41(45)49/h1-8H,11-33H2,(H,43,46). The van der Waals surface area contributed by atoms with E-state index in [1.807, 2.05) is 48.5 Å². The first-order valence-electron chi connectivity index (χ1n) is 19.9. The number of fused-ring (bicyclic) bond motifs is 2. The zero-order valence-electron chi connectivity index (χ0n) is 33.5. The van der Waals surface area contributed by atoms with Gasteiger partial charge in [0.25, 0.3) is 11.8 Å². The summed E-state index contributed by atoms with van der Waals surface area (Å²) in [5.74, 6) is 4.29. The van der Waals surface area contributed by atoms with Crippen LogP contribution >= 0.6 is 0 Å². The Bertz CT molecular complexity index is 1660. The number of hydrogen-bond donors (Lipinski definition) is 1. The molecule has 2 aliphatic heterocycles. The molecule has 0 spiro atoms. The number of ether oxygens (including phenoxy) is 8. The van der Waals surface area contributed by atoms with Crippen LogP contribution in [0.2, 0.25) is 0 Å². The van der Waals surface area contributed by atoms with Gasteiger partial charge in [0.05, 0.1) is 124 Å². The number of nitrogens with zero attached hydrogens (tertiary/aromatic N) is 2. The summed E-state index contributed by atoms with van der Waals surface area (Å²) in [6, 6.07) is 15.3. The lowest BCUT2D eigenvalue weighted by molar-refractivity contribution is -0.198. The van der Waals surface area contributed by atoms with E-state index in [9.17, 15) is 24.0 Å². The molecule has 4 amide bonds. The second-order valence-electron chi connectivity index (χ2n) is 12.9. The molecule has 17 nitrogen and oxygen atoms in total. The van der Waals surface area contributed by atoms with E-state index in [4.69, 9.17) is 42.7 Å². The molecule has 0 aliphatic carbocycles. The van der Waals surface area contributed by atoms with Gasteiger partial charge < -0.3 is 52.9 Å². The third-order valence-electron chi connectivity index (χ3n) is 8.56. The van der Waals surface area contributed by atoms with E-state index < -0.39 is 17.8 Å². The van der Waals surface area contributed by atoms with E-state index in [-0.39, 0.29) is 57.1 Å². The van der Waals surface area contributed by atoms with Gasteiger partial charge in [-0.25, -0.2) is 4.79 Å². The first kappa shape index (κ1) is 46.9. The number of carbonyl (C=O) groups is 5. The Morgan fingerprint density at radius 1 is 0.542 bits per heavy atom. The molecule has 1 saturated heterocycles. The van der Waals surface area contributed by atoms with E-state index in [1.165, 1.54) is 0 Å². The quantitative estimate of drug-likeness (QED) is 0.0661. The van der Waals surface area contributed by atoms with Gasteiger partial charge in [0.2, 0.25) is 11.8 Å². The number of nitrogens with one attached hydrogen (secondary N) is 1. The molecule has 322 valence electrons. The molecule has 2 aliphatic rings. The highest BCUT2D eigenvalue weighted by Gasteiger charge is 2.32. The monoisotopic (exact) mass is 825 g/mol. The van der Waals surface area contributed by atoms with Crippen molar-refractivity contribution in [1.82, 2.24) is 10.4 Å².